The standard InChI is InChI=1S/C24H23ClN5O/c1-2-3-4-8-14-30-23-19(15-20(25)21(27-23)17-10-6-5-7-11-17)22(29-30)28-24(31)18-12-9-13-26-16-18/h6-7,9-13,15-16H,2-4,8,14H2,1H3,(H,28,29,31). The van der Waals surface area contributed by atoms with Crippen molar-refractivity contribution in [3.8, 4) is 11.3 Å². The summed E-state index contributed by atoms with van der Waals surface area (Å²) in [6, 6.07) is 15.8. The molecule has 0 fully saturated rings. The number of aromatic nitrogens is 4. The Kier molecular flexibility index (Phi) is 6.57. The van der Waals surface area contributed by atoms with Crippen molar-refractivity contribution in [3.63, 3.8) is 0 Å². The zero-order chi connectivity index (χ0) is 21.6. The number of pyridine rings is 2. The molecule has 0 unspecified atom stereocenters. The van der Waals surface area contributed by atoms with E-state index in [1.807, 2.05) is 35.0 Å². The van der Waals surface area contributed by atoms with Crippen molar-refractivity contribution >= 4 is 34.4 Å². The number of hydrogen-bond donors (Lipinski definition) is 1. The molecule has 1 N–H and O–H groups in total. The van der Waals surface area contributed by atoms with Gasteiger partial charge in [-0.3, -0.25) is 9.78 Å². The number of fused-ring (bicyclic) bond motifs is 1. The smallest absolute Gasteiger partial charge is 0.258 e. The Balaban J connectivity index is 1.73. The fraction of sp³-hybridized carbons (Fsp3) is 0.250. The lowest BCUT2D eigenvalue weighted by Gasteiger charge is -2.06. The highest BCUT2D eigenvalue weighted by Gasteiger charge is 2.18. The second-order valence-corrected chi connectivity index (χ2v) is 7.71. The zero-order valence-corrected chi connectivity index (χ0v) is 18.1. The molecule has 0 saturated carbocycles. The van der Waals surface area contributed by atoms with Crippen LogP contribution in [0.2, 0.25) is 5.02 Å². The average molecular weight is 433 g/mol. The van der Waals surface area contributed by atoms with Gasteiger partial charge in [-0.15, -0.1) is 0 Å². The molecule has 31 heavy (non-hydrogen) atoms. The summed E-state index contributed by atoms with van der Waals surface area (Å²) < 4.78 is 1.86. The summed E-state index contributed by atoms with van der Waals surface area (Å²) in [7, 11) is 0. The van der Waals surface area contributed by atoms with E-state index in [4.69, 9.17) is 16.6 Å². The molecular weight excluding hydrogens is 410 g/mol. The third-order valence-corrected chi connectivity index (χ3v) is 5.34. The van der Waals surface area contributed by atoms with E-state index in [0.29, 0.717) is 33.1 Å². The minimum Gasteiger partial charge on any atom is -0.304 e. The first kappa shape index (κ1) is 21.0. The first-order valence-electron chi connectivity index (χ1n) is 10.4. The van der Waals surface area contributed by atoms with E-state index >= 15 is 0 Å². The molecule has 1 amide bonds. The lowest BCUT2D eigenvalue weighted by molar-refractivity contribution is 0.102. The third-order valence-electron chi connectivity index (χ3n) is 5.05. The fourth-order valence-corrected chi connectivity index (χ4v) is 3.69. The summed E-state index contributed by atoms with van der Waals surface area (Å²) in [5.74, 6) is 0.172. The Morgan fingerprint density at radius 3 is 2.77 bits per heavy atom. The van der Waals surface area contributed by atoms with Crippen LogP contribution in [-0.2, 0) is 6.54 Å². The first-order chi connectivity index (χ1) is 15.2. The number of anilines is 1. The van der Waals surface area contributed by atoms with Gasteiger partial charge in [-0.05, 0) is 30.7 Å². The molecule has 6 nitrogen and oxygen atoms in total. The maximum atomic E-state index is 12.7. The van der Waals surface area contributed by atoms with E-state index in [1.54, 1.807) is 18.3 Å². The van der Waals surface area contributed by atoms with Crippen LogP contribution in [0.5, 0.6) is 0 Å². The number of rotatable bonds is 8. The molecule has 0 aliphatic rings. The summed E-state index contributed by atoms with van der Waals surface area (Å²) in [6.45, 7) is 2.90. The van der Waals surface area contributed by atoms with Crippen LogP contribution in [-0.4, -0.2) is 25.7 Å². The molecule has 1 radical (unpaired) electrons. The number of nitrogens with one attached hydrogen (secondary N) is 1. The van der Waals surface area contributed by atoms with E-state index in [-0.39, 0.29) is 5.91 Å². The third kappa shape index (κ3) is 4.75. The summed E-state index contributed by atoms with van der Waals surface area (Å²) in [5.41, 5.74) is 2.75. The highest BCUT2D eigenvalue weighted by atomic mass is 35.5. The van der Waals surface area contributed by atoms with Crippen molar-refractivity contribution < 1.29 is 4.79 Å². The lowest BCUT2D eigenvalue weighted by atomic mass is 10.1. The highest BCUT2D eigenvalue weighted by Crippen LogP contribution is 2.32. The van der Waals surface area contributed by atoms with E-state index < -0.39 is 0 Å². The molecule has 157 valence electrons. The van der Waals surface area contributed by atoms with Crippen LogP contribution in [0.3, 0.4) is 0 Å². The molecule has 4 aromatic rings. The second-order valence-electron chi connectivity index (χ2n) is 7.31. The number of benzene rings is 1. The number of unbranched alkanes of at least 4 members (excludes halogenated alkanes) is 3. The van der Waals surface area contributed by atoms with Crippen LogP contribution < -0.4 is 5.32 Å². The zero-order valence-electron chi connectivity index (χ0n) is 17.3. The highest BCUT2D eigenvalue weighted by molar-refractivity contribution is 6.34. The molecule has 7 heteroatoms. The van der Waals surface area contributed by atoms with E-state index in [0.717, 1.165) is 31.4 Å². The summed E-state index contributed by atoms with van der Waals surface area (Å²) >= 11 is 6.59. The van der Waals surface area contributed by atoms with Crippen molar-refractivity contribution in [2.45, 2.75) is 39.2 Å². The molecule has 0 aliphatic heterocycles. The summed E-state index contributed by atoms with van der Waals surface area (Å²) in [6.07, 6.45) is 7.59. The molecule has 1 aromatic carbocycles. The molecule has 4 rings (SSSR count). The quantitative estimate of drug-likeness (QED) is 0.358. The summed E-state index contributed by atoms with van der Waals surface area (Å²) in [5, 5.41) is 8.77. The van der Waals surface area contributed by atoms with Gasteiger partial charge in [0, 0.05) is 24.5 Å². The van der Waals surface area contributed by atoms with Crippen molar-refractivity contribution in [2.24, 2.45) is 0 Å². The van der Waals surface area contributed by atoms with Gasteiger partial charge in [-0.2, -0.15) is 5.10 Å². The van der Waals surface area contributed by atoms with Gasteiger partial charge in [0.25, 0.3) is 5.91 Å². The number of carbonyl (C=O) groups excluding carboxylic acids is 1. The van der Waals surface area contributed by atoms with Gasteiger partial charge in [-0.1, -0.05) is 62.1 Å². The number of aryl methyl sites for hydroxylation is 1. The number of hydrogen-bond acceptors (Lipinski definition) is 4. The van der Waals surface area contributed by atoms with Gasteiger partial charge >= 0.3 is 0 Å². The van der Waals surface area contributed by atoms with Crippen LogP contribution in [0.1, 0.15) is 43.0 Å². The van der Waals surface area contributed by atoms with Crippen molar-refractivity contribution in [3.05, 3.63) is 71.5 Å². The molecule has 3 heterocycles. The van der Waals surface area contributed by atoms with E-state index in [2.05, 4.69) is 28.4 Å². The van der Waals surface area contributed by atoms with Gasteiger partial charge in [0.1, 0.15) is 0 Å². The van der Waals surface area contributed by atoms with Gasteiger partial charge in [0.05, 0.1) is 21.7 Å². The Hall–Kier alpha value is -3.25. The first-order valence-corrected chi connectivity index (χ1v) is 10.8. The van der Waals surface area contributed by atoms with E-state index in [9.17, 15) is 4.79 Å². The predicted octanol–water partition coefficient (Wildman–Crippen LogP) is 5.78. The molecule has 3 aromatic heterocycles. The normalized spacial score (nSPS) is 11.0. The molecule has 0 aliphatic carbocycles. The minimum absolute atomic E-state index is 0.274. The van der Waals surface area contributed by atoms with Crippen LogP contribution in [0, 0.1) is 6.07 Å². The maximum Gasteiger partial charge on any atom is 0.258 e. The van der Waals surface area contributed by atoms with E-state index in [1.165, 1.54) is 12.6 Å². The van der Waals surface area contributed by atoms with Gasteiger partial charge < -0.3 is 5.32 Å². The van der Waals surface area contributed by atoms with Gasteiger partial charge in [-0.25, -0.2) is 9.67 Å². The van der Waals surface area contributed by atoms with Crippen molar-refractivity contribution in [1.82, 2.24) is 19.7 Å². The Bertz CT molecular complexity index is 1180. The van der Waals surface area contributed by atoms with Gasteiger partial charge in [0.2, 0.25) is 0 Å². The topological polar surface area (TPSA) is 72.7 Å². The number of amides is 1. The average Bonchev–Trinajstić information content (AvgIpc) is 3.13. The number of halogens is 1. The molecule has 0 saturated heterocycles. The second kappa shape index (κ2) is 9.71. The van der Waals surface area contributed by atoms with Crippen molar-refractivity contribution in [2.75, 3.05) is 5.32 Å². The molecule has 0 bridgehead atoms. The van der Waals surface area contributed by atoms with Crippen LogP contribution >= 0.6 is 11.6 Å². The fourth-order valence-electron chi connectivity index (χ4n) is 3.43. The lowest BCUT2D eigenvalue weighted by Crippen LogP contribution is -2.13. The van der Waals surface area contributed by atoms with Crippen molar-refractivity contribution in [1.29, 1.82) is 0 Å². The predicted molar refractivity (Wildman–Crippen MR) is 123 cm³/mol. The van der Waals surface area contributed by atoms with Crippen LogP contribution in [0.15, 0.2) is 54.9 Å². The Labute approximate surface area is 186 Å². The van der Waals surface area contributed by atoms with Crippen LogP contribution in [0.25, 0.3) is 22.3 Å². The summed E-state index contributed by atoms with van der Waals surface area (Å²) in [4.78, 5) is 21.5. The molecular formula is C24H23ClN5O. The van der Waals surface area contributed by atoms with Gasteiger partial charge in [0.15, 0.2) is 11.5 Å². The molecule has 0 atom stereocenters. The largest absolute Gasteiger partial charge is 0.304 e. The Morgan fingerprint density at radius 2 is 2.03 bits per heavy atom. The molecule has 0 spiro atoms. The minimum atomic E-state index is -0.274. The maximum absolute atomic E-state index is 12.7. The van der Waals surface area contributed by atoms with Crippen LogP contribution in [0.4, 0.5) is 5.82 Å². The monoisotopic (exact) mass is 432 g/mol. The number of carbonyl (C=O) groups is 1. The SMILES string of the molecule is CCCCCCn1nc(NC(=O)c2cccnc2)c2cc(Cl)c(-c3cc[c]cc3)nc21. The number of nitrogens with zero attached hydrogens (tertiary/aromatic N) is 4. The Morgan fingerprint density at radius 1 is 1.19 bits per heavy atom.